The maximum Gasteiger partial charge on any atom is 0.257 e. The first-order valence-electron chi connectivity index (χ1n) is 7.30. The second-order valence-electron chi connectivity index (χ2n) is 5.55. The lowest BCUT2D eigenvalue weighted by molar-refractivity contribution is 0.102. The van der Waals surface area contributed by atoms with Crippen molar-refractivity contribution in [3.63, 3.8) is 0 Å². The monoisotopic (exact) mass is 290 g/mol. The Morgan fingerprint density at radius 1 is 0.909 bits per heavy atom. The molecule has 22 heavy (non-hydrogen) atoms. The molecule has 110 valence electrons. The zero-order chi connectivity index (χ0) is 15.7. The van der Waals surface area contributed by atoms with Crippen LogP contribution in [0.3, 0.4) is 0 Å². The maximum atomic E-state index is 12.7. The highest BCUT2D eigenvalue weighted by Crippen LogP contribution is 2.22. The molecule has 0 unspecified atom stereocenters. The molecule has 0 saturated heterocycles. The molecule has 3 heteroatoms. The van der Waals surface area contributed by atoms with Crippen molar-refractivity contribution in [1.29, 1.82) is 0 Å². The number of carbonyl (C=O) groups is 1. The zero-order valence-corrected chi connectivity index (χ0v) is 13.0. The second-order valence-corrected chi connectivity index (χ2v) is 5.55. The molecule has 3 nitrogen and oxygen atoms in total. The van der Waals surface area contributed by atoms with E-state index in [1.807, 2.05) is 69.3 Å². The van der Waals surface area contributed by atoms with E-state index < -0.39 is 0 Å². The lowest BCUT2D eigenvalue weighted by atomic mass is 10.1. The smallest absolute Gasteiger partial charge is 0.257 e. The fourth-order valence-corrected chi connectivity index (χ4v) is 2.62. The number of pyridine rings is 1. The predicted molar refractivity (Wildman–Crippen MR) is 90.3 cm³/mol. The fraction of sp³-hybridized carbons (Fsp3) is 0.158. The molecular weight excluding hydrogens is 272 g/mol. The van der Waals surface area contributed by atoms with Crippen LogP contribution in [0.5, 0.6) is 0 Å². The van der Waals surface area contributed by atoms with E-state index in [-0.39, 0.29) is 5.91 Å². The van der Waals surface area contributed by atoms with Crippen molar-refractivity contribution in [2.75, 3.05) is 5.32 Å². The Hall–Kier alpha value is -2.68. The van der Waals surface area contributed by atoms with Crippen molar-refractivity contribution in [3.05, 3.63) is 70.9 Å². The lowest BCUT2D eigenvalue weighted by Crippen LogP contribution is -2.14. The van der Waals surface area contributed by atoms with Gasteiger partial charge in [-0.15, -0.1) is 0 Å². The van der Waals surface area contributed by atoms with Gasteiger partial charge in [0.15, 0.2) is 0 Å². The molecule has 0 spiro atoms. The van der Waals surface area contributed by atoms with Gasteiger partial charge in [0.2, 0.25) is 0 Å². The third-order valence-electron chi connectivity index (χ3n) is 3.82. The van der Waals surface area contributed by atoms with Gasteiger partial charge in [0.25, 0.3) is 5.91 Å². The number of fused-ring (bicyclic) bond motifs is 1. The standard InChI is InChI=1S/C19H18N2O/c1-12-6-4-7-13(2)17(12)21-19(22)16-9-5-8-15-11-10-14(3)20-18(15)16/h4-11H,1-3H3,(H,21,22). The number of nitrogens with one attached hydrogen (secondary N) is 1. The minimum Gasteiger partial charge on any atom is -0.321 e. The maximum absolute atomic E-state index is 12.7. The molecule has 3 rings (SSSR count). The number of para-hydroxylation sites is 2. The summed E-state index contributed by atoms with van der Waals surface area (Å²) in [4.78, 5) is 17.2. The normalized spacial score (nSPS) is 10.7. The summed E-state index contributed by atoms with van der Waals surface area (Å²) in [5, 5.41) is 4.00. The molecule has 0 aliphatic carbocycles. The van der Waals surface area contributed by atoms with Crippen LogP contribution in [0.25, 0.3) is 10.9 Å². The Bertz CT molecular complexity index is 848. The van der Waals surface area contributed by atoms with E-state index in [9.17, 15) is 4.79 Å². The van der Waals surface area contributed by atoms with Gasteiger partial charge in [-0.25, -0.2) is 0 Å². The number of carbonyl (C=O) groups excluding carboxylic acids is 1. The van der Waals surface area contributed by atoms with Gasteiger partial charge < -0.3 is 5.32 Å². The SMILES string of the molecule is Cc1ccc2cccc(C(=O)Nc3c(C)cccc3C)c2n1. The van der Waals surface area contributed by atoms with Crippen LogP contribution in [0.2, 0.25) is 0 Å². The number of nitrogens with zero attached hydrogens (tertiary/aromatic N) is 1. The van der Waals surface area contributed by atoms with Crippen LogP contribution >= 0.6 is 0 Å². The van der Waals surface area contributed by atoms with E-state index in [0.29, 0.717) is 5.56 Å². The van der Waals surface area contributed by atoms with Gasteiger partial charge >= 0.3 is 0 Å². The van der Waals surface area contributed by atoms with Crippen LogP contribution in [-0.4, -0.2) is 10.9 Å². The number of aryl methyl sites for hydroxylation is 3. The molecule has 2 aromatic carbocycles. The zero-order valence-electron chi connectivity index (χ0n) is 13.0. The summed E-state index contributed by atoms with van der Waals surface area (Å²) in [5.74, 6) is -0.124. The van der Waals surface area contributed by atoms with Gasteiger partial charge in [-0.05, 0) is 44.0 Å². The molecule has 1 aromatic heterocycles. The van der Waals surface area contributed by atoms with Crippen LogP contribution < -0.4 is 5.32 Å². The van der Waals surface area contributed by atoms with Crippen molar-refractivity contribution in [3.8, 4) is 0 Å². The molecule has 0 atom stereocenters. The van der Waals surface area contributed by atoms with Crippen LogP contribution in [-0.2, 0) is 0 Å². The van der Waals surface area contributed by atoms with E-state index in [0.717, 1.165) is 33.4 Å². The average molecular weight is 290 g/mol. The van der Waals surface area contributed by atoms with E-state index in [2.05, 4.69) is 10.3 Å². The molecule has 0 aliphatic rings. The van der Waals surface area contributed by atoms with Crippen molar-refractivity contribution < 1.29 is 4.79 Å². The van der Waals surface area contributed by atoms with Crippen molar-refractivity contribution >= 4 is 22.5 Å². The molecule has 0 radical (unpaired) electrons. The topological polar surface area (TPSA) is 42.0 Å². The number of amides is 1. The Morgan fingerprint density at radius 3 is 2.32 bits per heavy atom. The predicted octanol–water partition coefficient (Wildman–Crippen LogP) is 4.41. The van der Waals surface area contributed by atoms with Gasteiger partial charge in [-0.1, -0.05) is 36.4 Å². The number of rotatable bonds is 2. The molecule has 0 fully saturated rings. The third-order valence-corrected chi connectivity index (χ3v) is 3.82. The second kappa shape index (κ2) is 5.60. The fourth-order valence-electron chi connectivity index (χ4n) is 2.62. The van der Waals surface area contributed by atoms with Gasteiger partial charge in [-0.3, -0.25) is 9.78 Å². The van der Waals surface area contributed by atoms with E-state index in [1.54, 1.807) is 0 Å². The Morgan fingerprint density at radius 2 is 1.59 bits per heavy atom. The first kappa shape index (κ1) is 14.3. The average Bonchev–Trinajstić information content (AvgIpc) is 2.50. The first-order valence-corrected chi connectivity index (χ1v) is 7.30. The third kappa shape index (κ3) is 2.58. The minimum atomic E-state index is -0.124. The number of aromatic nitrogens is 1. The van der Waals surface area contributed by atoms with Gasteiger partial charge in [0, 0.05) is 16.8 Å². The Labute approximate surface area is 130 Å². The number of hydrogen-bond acceptors (Lipinski definition) is 2. The van der Waals surface area contributed by atoms with Crippen LogP contribution in [0.15, 0.2) is 48.5 Å². The Kier molecular flexibility index (Phi) is 3.63. The molecule has 1 N–H and O–H groups in total. The number of anilines is 1. The largest absolute Gasteiger partial charge is 0.321 e. The quantitative estimate of drug-likeness (QED) is 0.759. The van der Waals surface area contributed by atoms with E-state index in [1.165, 1.54) is 0 Å². The molecular formula is C19H18N2O. The summed E-state index contributed by atoms with van der Waals surface area (Å²) in [6.07, 6.45) is 0. The summed E-state index contributed by atoms with van der Waals surface area (Å²) in [6, 6.07) is 15.6. The van der Waals surface area contributed by atoms with Gasteiger partial charge in [-0.2, -0.15) is 0 Å². The summed E-state index contributed by atoms with van der Waals surface area (Å²) in [7, 11) is 0. The minimum absolute atomic E-state index is 0.124. The molecule has 0 aliphatic heterocycles. The molecule has 3 aromatic rings. The van der Waals surface area contributed by atoms with Crippen LogP contribution in [0.4, 0.5) is 5.69 Å². The van der Waals surface area contributed by atoms with Crippen molar-refractivity contribution in [1.82, 2.24) is 4.98 Å². The van der Waals surface area contributed by atoms with E-state index in [4.69, 9.17) is 0 Å². The summed E-state index contributed by atoms with van der Waals surface area (Å²) in [5.41, 5.74) is 5.22. The van der Waals surface area contributed by atoms with Gasteiger partial charge in [0.1, 0.15) is 0 Å². The van der Waals surface area contributed by atoms with Gasteiger partial charge in [0.05, 0.1) is 11.1 Å². The van der Waals surface area contributed by atoms with Crippen molar-refractivity contribution in [2.24, 2.45) is 0 Å². The highest BCUT2D eigenvalue weighted by Gasteiger charge is 2.13. The Balaban J connectivity index is 2.04. The highest BCUT2D eigenvalue weighted by atomic mass is 16.1. The van der Waals surface area contributed by atoms with Crippen molar-refractivity contribution in [2.45, 2.75) is 20.8 Å². The molecule has 1 heterocycles. The molecule has 1 amide bonds. The van der Waals surface area contributed by atoms with E-state index >= 15 is 0 Å². The summed E-state index contributed by atoms with van der Waals surface area (Å²) in [6.45, 7) is 5.92. The number of benzene rings is 2. The molecule has 0 bridgehead atoms. The van der Waals surface area contributed by atoms with Crippen LogP contribution in [0.1, 0.15) is 27.2 Å². The number of hydrogen-bond donors (Lipinski definition) is 1. The lowest BCUT2D eigenvalue weighted by Gasteiger charge is -2.12. The summed E-state index contributed by atoms with van der Waals surface area (Å²) >= 11 is 0. The molecule has 0 saturated carbocycles. The first-order chi connectivity index (χ1) is 10.6. The van der Waals surface area contributed by atoms with Crippen LogP contribution in [0, 0.1) is 20.8 Å². The summed E-state index contributed by atoms with van der Waals surface area (Å²) < 4.78 is 0. The highest BCUT2D eigenvalue weighted by molar-refractivity contribution is 6.12.